The maximum atomic E-state index is 13.6. The molecule has 1 unspecified atom stereocenters. The van der Waals surface area contributed by atoms with Gasteiger partial charge in [0, 0.05) is 18.7 Å². The minimum absolute atomic E-state index is 0.00289. The SMILES string of the molecule is COc1cc(NC(C)CN)c(F)cc1[N+](=O)[O-]. The van der Waals surface area contributed by atoms with Crippen LogP contribution in [0.2, 0.25) is 0 Å². The first-order chi connectivity index (χ1) is 7.99. The summed E-state index contributed by atoms with van der Waals surface area (Å²) in [5.74, 6) is -0.707. The van der Waals surface area contributed by atoms with Gasteiger partial charge in [-0.2, -0.15) is 0 Å². The van der Waals surface area contributed by atoms with Gasteiger partial charge in [-0.25, -0.2) is 4.39 Å². The Labute approximate surface area is 97.7 Å². The molecule has 1 aromatic carbocycles. The van der Waals surface area contributed by atoms with Crippen LogP contribution in [0.1, 0.15) is 6.92 Å². The van der Waals surface area contributed by atoms with E-state index < -0.39 is 16.4 Å². The largest absolute Gasteiger partial charge is 0.490 e. The van der Waals surface area contributed by atoms with Crippen molar-refractivity contribution >= 4 is 11.4 Å². The topological polar surface area (TPSA) is 90.4 Å². The van der Waals surface area contributed by atoms with Gasteiger partial charge in [0.25, 0.3) is 0 Å². The fraction of sp³-hybridized carbons (Fsp3) is 0.400. The summed E-state index contributed by atoms with van der Waals surface area (Å²) < 4.78 is 18.4. The third-order valence-corrected chi connectivity index (χ3v) is 2.22. The molecule has 0 spiro atoms. The number of nitro groups is 1. The van der Waals surface area contributed by atoms with Gasteiger partial charge in [0.1, 0.15) is 0 Å². The number of anilines is 1. The molecule has 94 valence electrons. The number of rotatable bonds is 5. The molecule has 0 aliphatic rings. The molecular formula is C10H14FN3O3. The Balaban J connectivity index is 3.13. The number of hydrogen-bond acceptors (Lipinski definition) is 5. The highest BCUT2D eigenvalue weighted by atomic mass is 19.1. The van der Waals surface area contributed by atoms with Crippen molar-refractivity contribution in [2.75, 3.05) is 19.0 Å². The Morgan fingerprint density at radius 1 is 1.65 bits per heavy atom. The fourth-order valence-corrected chi connectivity index (χ4v) is 1.28. The standard InChI is InChI=1S/C10H14FN3O3/c1-6(5-12)13-8-4-10(17-2)9(14(15)16)3-7(8)11/h3-4,6,13H,5,12H2,1-2H3. The van der Waals surface area contributed by atoms with Crippen LogP contribution in [0.5, 0.6) is 5.75 Å². The van der Waals surface area contributed by atoms with Crippen LogP contribution < -0.4 is 15.8 Å². The monoisotopic (exact) mass is 243 g/mol. The predicted octanol–water partition coefficient (Wildman–Crippen LogP) is 1.50. The van der Waals surface area contributed by atoms with Crippen LogP contribution in [-0.4, -0.2) is 24.6 Å². The number of nitrogens with one attached hydrogen (secondary N) is 1. The van der Waals surface area contributed by atoms with Gasteiger partial charge in [-0.1, -0.05) is 0 Å². The van der Waals surface area contributed by atoms with Crippen LogP contribution in [0.25, 0.3) is 0 Å². The fourth-order valence-electron chi connectivity index (χ4n) is 1.28. The maximum absolute atomic E-state index is 13.6. The molecule has 1 atom stereocenters. The van der Waals surface area contributed by atoms with Crippen LogP contribution >= 0.6 is 0 Å². The molecule has 17 heavy (non-hydrogen) atoms. The summed E-state index contributed by atoms with van der Waals surface area (Å²) in [5.41, 5.74) is 5.12. The van der Waals surface area contributed by atoms with E-state index in [0.717, 1.165) is 6.07 Å². The van der Waals surface area contributed by atoms with E-state index in [-0.39, 0.29) is 17.5 Å². The van der Waals surface area contributed by atoms with Crippen molar-refractivity contribution in [2.45, 2.75) is 13.0 Å². The molecule has 0 aromatic heterocycles. The molecule has 0 saturated heterocycles. The summed E-state index contributed by atoms with van der Waals surface area (Å²) in [6, 6.07) is 1.93. The highest BCUT2D eigenvalue weighted by Gasteiger charge is 2.19. The number of methoxy groups -OCH3 is 1. The summed E-state index contributed by atoms with van der Waals surface area (Å²) in [5, 5.41) is 13.4. The highest BCUT2D eigenvalue weighted by molar-refractivity contribution is 5.59. The molecule has 0 bridgehead atoms. The summed E-state index contributed by atoms with van der Waals surface area (Å²) >= 11 is 0. The first-order valence-corrected chi connectivity index (χ1v) is 4.98. The number of benzene rings is 1. The maximum Gasteiger partial charge on any atom is 0.313 e. The van der Waals surface area contributed by atoms with Gasteiger partial charge < -0.3 is 15.8 Å². The van der Waals surface area contributed by atoms with Crippen molar-refractivity contribution in [3.63, 3.8) is 0 Å². The molecule has 0 aliphatic carbocycles. The third-order valence-electron chi connectivity index (χ3n) is 2.22. The normalized spacial score (nSPS) is 12.0. The van der Waals surface area contributed by atoms with Crippen molar-refractivity contribution in [2.24, 2.45) is 5.73 Å². The number of hydrogen-bond donors (Lipinski definition) is 2. The van der Waals surface area contributed by atoms with E-state index in [4.69, 9.17) is 10.5 Å². The molecule has 0 fully saturated rings. The van der Waals surface area contributed by atoms with Crippen LogP contribution in [0.15, 0.2) is 12.1 Å². The smallest absolute Gasteiger partial charge is 0.313 e. The third kappa shape index (κ3) is 3.04. The van der Waals surface area contributed by atoms with E-state index in [0.29, 0.717) is 6.54 Å². The Hall–Kier alpha value is -1.89. The molecule has 0 aliphatic heterocycles. The Bertz CT molecular complexity index is 426. The van der Waals surface area contributed by atoms with Crippen molar-refractivity contribution in [3.8, 4) is 5.75 Å². The second-order valence-electron chi connectivity index (χ2n) is 3.54. The average molecular weight is 243 g/mol. The number of halogens is 1. The molecule has 0 saturated carbocycles. The zero-order chi connectivity index (χ0) is 13.0. The minimum Gasteiger partial charge on any atom is -0.490 e. The molecule has 0 radical (unpaired) electrons. The number of nitrogens with two attached hydrogens (primary N) is 1. The van der Waals surface area contributed by atoms with Gasteiger partial charge in [0.2, 0.25) is 0 Å². The molecule has 0 amide bonds. The van der Waals surface area contributed by atoms with Gasteiger partial charge in [-0.05, 0) is 6.92 Å². The first-order valence-electron chi connectivity index (χ1n) is 4.98. The van der Waals surface area contributed by atoms with E-state index in [9.17, 15) is 14.5 Å². The lowest BCUT2D eigenvalue weighted by molar-refractivity contribution is -0.385. The quantitative estimate of drug-likeness (QED) is 0.604. The summed E-state index contributed by atoms with van der Waals surface area (Å²) in [6.07, 6.45) is 0. The Kier molecular flexibility index (Phi) is 4.22. The second-order valence-corrected chi connectivity index (χ2v) is 3.54. The van der Waals surface area contributed by atoms with Crippen LogP contribution in [0.4, 0.5) is 15.8 Å². The number of ether oxygens (including phenoxy) is 1. The molecule has 7 heteroatoms. The second kappa shape index (κ2) is 5.44. The molecule has 1 aromatic rings. The molecule has 3 N–H and O–H groups in total. The zero-order valence-electron chi connectivity index (χ0n) is 9.57. The van der Waals surface area contributed by atoms with Gasteiger partial charge in [-0.15, -0.1) is 0 Å². The van der Waals surface area contributed by atoms with Crippen LogP contribution in [0, 0.1) is 15.9 Å². The van der Waals surface area contributed by atoms with Crippen molar-refractivity contribution < 1.29 is 14.1 Å². The molecule has 6 nitrogen and oxygen atoms in total. The summed E-state index contributed by atoms with van der Waals surface area (Å²) in [7, 11) is 1.29. The van der Waals surface area contributed by atoms with Crippen LogP contribution in [-0.2, 0) is 0 Å². The van der Waals surface area contributed by atoms with Crippen LogP contribution in [0.3, 0.4) is 0 Å². The highest BCUT2D eigenvalue weighted by Crippen LogP contribution is 2.32. The number of nitrogens with zero attached hydrogens (tertiary/aromatic N) is 1. The van der Waals surface area contributed by atoms with E-state index in [1.807, 2.05) is 0 Å². The van der Waals surface area contributed by atoms with Crippen molar-refractivity contribution in [1.29, 1.82) is 0 Å². The van der Waals surface area contributed by atoms with Gasteiger partial charge in [-0.3, -0.25) is 10.1 Å². The predicted molar refractivity (Wildman–Crippen MR) is 61.7 cm³/mol. The first kappa shape index (κ1) is 13.2. The lowest BCUT2D eigenvalue weighted by Gasteiger charge is -2.14. The van der Waals surface area contributed by atoms with E-state index >= 15 is 0 Å². The van der Waals surface area contributed by atoms with Gasteiger partial charge >= 0.3 is 5.69 Å². The number of nitro benzene ring substituents is 1. The Morgan fingerprint density at radius 2 is 2.29 bits per heavy atom. The van der Waals surface area contributed by atoms with Crippen molar-refractivity contribution in [3.05, 3.63) is 28.1 Å². The lowest BCUT2D eigenvalue weighted by Crippen LogP contribution is -2.25. The molecular weight excluding hydrogens is 229 g/mol. The van der Waals surface area contributed by atoms with E-state index in [1.54, 1.807) is 6.92 Å². The average Bonchev–Trinajstić information content (AvgIpc) is 2.30. The summed E-state index contributed by atoms with van der Waals surface area (Å²) in [6.45, 7) is 2.09. The zero-order valence-corrected chi connectivity index (χ0v) is 9.57. The van der Waals surface area contributed by atoms with E-state index in [2.05, 4.69) is 5.32 Å². The molecule has 1 rings (SSSR count). The van der Waals surface area contributed by atoms with Crippen molar-refractivity contribution in [1.82, 2.24) is 0 Å². The van der Waals surface area contributed by atoms with Gasteiger partial charge in [0.15, 0.2) is 11.6 Å². The van der Waals surface area contributed by atoms with E-state index in [1.165, 1.54) is 13.2 Å². The Morgan fingerprint density at radius 3 is 2.76 bits per heavy atom. The molecule has 0 heterocycles. The minimum atomic E-state index is -0.710. The summed E-state index contributed by atoms with van der Waals surface area (Å²) in [4.78, 5) is 9.94. The van der Waals surface area contributed by atoms with Gasteiger partial charge in [0.05, 0.1) is 23.8 Å². The lowest BCUT2D eigenvalue weighted by atomic mass is 10.2.